The van der Waals surface area contributed by atoms with Crippen molar-refractivity contribution in [3.05, 3.63) is 30.3 Å². The first-order chi connectivity index (χ1) is 8.05. The third-order valence-corrected chi connectivity index (χ3v) is 4.84. The van der Waals surface area contributed by atoms with Crippen molar-refractivity contribution in [2.45, 2.75) is 0 Å². The number of anilines is 1. The molecule has 1 aromatic carbocycles. The van der Waals surface area contributed by atoms with Gasteiger partial charge in [-0.05, 0) is 18.7 Å². The smallest absolute Gasteiger partial charge is 0.303 e. The number of nitrogens with two attached hydrogens (primary N) is 1. The molecule has 1 aliphatic rings. The van der Waals surface area contributed by atoms with Crippen molar-refractivity contribution >= 4 is 15.9 Å². The van der Waals surface area contributed by atoms with Crippen molar-refractivity contribution in [2.24, 2.45) is 11.7 Å². The number of rotatable bonds is 2. The molecule has 0 bridgehead atoms. The van der Waals surface area contributed by atoms with Gasteiger partial charge in [-0.3, -0.25) is 4.31 Å². The van der Waals surface area contributed by atoms with E-state index in [0.29, 0.717) is 25.3 Å². The topological polar surface area (TPSA) is 66.6 Å². The minimum atomic E-state index is -3.39. The molecule has 0 aliphatic carbocycles. The molecular weight excluding hydrogens is 238 g/mol. The van der Waals surface area contributed by atoms with Crippen LogP contribution in [0.4, 0.5) is 5.69 Å². The van der Waals surface area contributed by atoms with Crippen molar-refractivity contribution in [1.82, 2.24) is 4.31 Å². The molecule has 0 spiro atoms. The summed E-state index contributed by atoms with van der Waals surface area (Å²) in [5, 5.41) is 0. The quantitative estimate of drug-likeness (QED) is 0.824. The van der Waals surface area contributed by atoms with E-state index in [1.54, 1.807) is 19.2 Å². The van der Waals surface area contributed by atoms with Gasteiger partial charge >= 0.3 is 10.2 Å². The highest BCUT2D eigenvalue weighted by Gasteiger charge is 2.35. The Balaban J connectivity index is 2.36. The van der Waals surface area contributed by atoms with Crippen LogP contribution in [0.15, 0.2) is 30.3 Å². The fourth-order valence-corrected chi connectivity index (χ4v) is 3.52. The van der Waals surface area contributed by atoms with E-state index >= 15 is 0 Å². The molecule has 1 heterocycles. The molecule has 2 N–H and O–H groups in total. The first kappa shape index (κ1) is 12.3. The summed E-state index contributed by atoms with van der Waals surface area (Å²) >= 11 is 0. The van der Waals surface area contributed by atoms with E-state index in [-0.39, 0.29) is 5.92 Å². The molecule has 2 rings (SSSR count). The summed E-state index contributed by atoms with van der Waals surface area (Å²) in [6.45, 7) is 1.43. The molecule has 0 saturated carbocycles. The predicted molar refractivity (Wildman–Crippen MR) is 67.9 cm³/mol. The van der Waals surface area contributed by atoms with Gasteiger partial charge < -0.3 is 5.73 Å². The normalized spacial score (nSPS) is 24.8. The minimum Gasteiger partial charge on any atom is -0.330 e. The van der Waals surface area contributed by atoms with Gasteiger partial charge in [0.1, 0.15) is 0 Å². The van der Waals surface area contributed by atoms with Crippen LogP contribution in [0, 0.1) is 5.92 Å². The number of hydrogen-bond acceptors (Lipinski definition) is 3. The van der Waals surface area contributed by atoms with Gasteiger partial charge in [0.05, 0.1) is 5.69 Å². The molecule has 1 aliphatic heterocycles. The zero-order chi connectivity index (χ0) is 12.5. The Kier molecular flexibility index (Phi) is 3.37. The van der Waals surface area contributed by atoms with Crippen LogP contribution in [0.5, 0.6) is 0 Å². The minimum absolute atomic E-state index is 0.170. The number of hydrogen-bond donors (Lipinski definition) is 1. The highest BCUT2D eigenvalue weighted by atomic mass is 32.2. The van der Waals surface area contributed by atoms with E-state index < -0.39 is 10.2 Å². The van der Waals surface area contributed by atoms with Gasteiger partial charge in [0.25, 0.3) is 0 Å². The fraction of sp³-hybridized carbons (Fsp3) is 0.455. The van der Waals surface area contributed by atoms with Crippen molar-refractivity contribution < 1.29 is 8.42 Å². The SMILES string of the molecule is CN1CC(CN)CN(c2ccccc2)S1(=O)=O. The number of para-hydroxylation sites is 1. The summed E-state index contributed by atoms with van der Waals surface area (Å²) in [6, 6.07) is 9.12. The van der Waals surface area contributed by atoms with Gasteiger partial charge in [-0.1, -0.05) is 18.2 Å². The molecule has 17 heavy (non-hydrogen) atoms. The molecule has 1 aromatic rings. The average Bonchev–Trinajstić information content (AvgIpc) is 2.33. The van der Waals surface area contributed by atoms with Crippen molar-refractivity contribution in [2.75, 3.05) is 31.0 Å². The van der Waals surface area contributed by atoms with Gasteiger partial charge in [-0.2, -0.15) is 12.7 Å². The van der Waals surface area contributed by atoms with E-state index in [4.69, 9.17) is 5.73 Å². The monoisotopic (exact) mass is 255 g/mol. The van der Waals surface area contributed by atoms with E-state index in [2.05, 4.69) is 0 Å². The number of nitrogens with zero attached hydrogens (tertiary/aromatic N) is 2. The zero-order valence-electron chi connectivity index (χ0n) is 9.78. The maximum Gasteiger partial charge on any atom is 0.303 e. The maximum atomic E-state index is 12.2. The molecule has 1 atom stereocenters. The highest BCUT2D eigenvalue weighted by molar-refractivity contribution is 7.90. The first-order valence-electron chi connectivity index (χ1n) is 5.55. The van der Waals surface area contributed by atoms with E-state index in [1.807, 2.05) is 18.2 Å². The van der Waals surface area contributed by atoms with Gasteiger partial charge in [-0.25, -0.2) is 0 Å². The third kappa shape index (κ3) is 2.29. The standard InChI is InChI=1S/C11H17N3O2S/c1-13-8-10(7-12)9-14(17(13,15)16)11-5-3-2-4-6-11/h2-6,10H,7-9,12H2,1H3. The molecule has 94 valence electrons. The summed E-state index contributed by atoms with van der Waals surface area (Å²) < 4.78 is 27.2. The summed E-state index contributed by atoms with van der Waals surface area (Å²) in [4.78, 5) is 0. The maximum absolute atomic E-state index is 12.2. The van der Waals surface area contributed by atoms with Crippen molar-refractivity contribution in [3.63, 3.8) is 0 Å². The van der Waals surface area contributed by atoms with Gasteiger partial charge in [-0.15, -0.1) is 0 Å². The molecule has 1 saturated heterocycles. The van der Waals surface area contributed by atoms with Crippen LogP contribution in [0.1, 0.15) is 0 Å². The molecule has 1 unspecified atom stereocenters. The van der Waals surface area contributed by atoms with Crippen LogP contribution in [0.25, 0.3) is 0 Å². The Morgan fingerprint density at radius 2 is 1.94 bits per heavy atom. The summed E-state index contributed by atoms with van der Waals surface area (Å²) in [7, 11) is -1.80. The molecule has 0 radical (unpaired) electrons. The van der Waals surface area contributed by atoms with Crippen LogP contribution in [-0.2, 0) is 10.2 Å². The van der Waals surface area contributed by atoms with E-state index in [0.717, 1.165) is 0 Å². The Hall–Kier alpha value is -1.11. The van der Waals surface area contributed by atoms with Crippen LogP contribution >= 0.6 is 0 Å². The van der Waals surface area contributed by atoms with Crippen LogP contribution in [0.3, 0.4) is 0 Å². The first-order valence-corrected chi connectivity index (χ1v) is 6.94. The lowest BCUT2D eigenvalue weighted by Crippen LogP contribution is -2.53. The molecule has 6 heteroatoms. The Bertz CT molecular complexity index is 475. The largest absolute Gasteiger partial charge is 0.330 e. The van der Waals surface area contributed by atoms with Crippen molar-refractivity contribution in [3.8, 4) is 0 Å². The Labute approximate surface area is 102 Å². The predicted octanol–water partition coefficient (Wildman–Crippen LogP) is 0.258. The second-order valence-electron chi connectivity index (χ2n) is 4.26. The lowest BCUT2D eigenvalue weighted by molar-refractivity contribution is 0.363. The summed E-state index contributed by atoms with van der Waals surface area (Å²) in [5.41, 5.74) is 6.34. The average molecular weight is 255 g/mol. The highest BCUT2D eigenvalue weighted by Crippen LogP contribution is 2.25. The molecule has 1 fully saturated rings. The Morgan fingerprint density at radius 1 is 1.29 bits per heavy atom. The lowest BCUT2D eigenvalue weighted by atomic mass is 10.1. The van der Waals surface area contributed by atoms with Crippen LogP contribution in [0.2, 0.25) is 0 Å². The zero-order valence-corrected chi connectivity index (χ0v) is 10.6. The van der Waals surface area contributed by atoms with Crippen molar-refractivity contribution in [1.29, 1.82) is 0 Å². The van der Waals surface area contributed by atoms with Gasteiger partial charge in [0.2, 0.25) is 0 Å². The molecule has 0 amide bonds. The summed E-state index contributed by atoms with van der Waals surface area (Å²) in [6.07, 6.45) is 0. The lowest BCUT2D eigenvalue weighted by Gasteiger charge is -2.38. The van der Waals surface area contributed by atoms with E-state index in [9.17, 15) is 8.42 Å². The summed E-state index contributed by atoms with van der Waals surface area (Å²) in [5.74, 6) is 0.170. The molecular formula is C11H17N3O2S. The molecule has 0 aromatic heterocycles. The van der Waals surface area contributed by atoms with Crippen LogP contribution < -0.4 is 10.0 Å². The van der Waals surface area contributed by atoms with Gasteiger partial charge in [0.15, 0.2) is 0 Å². The second kappa shape index (κ2) is 4.64. The molecule has 5 nitrogen and oxygen atoms in total. The fourth-order valence-electron chi connectivity index (χ4n) is 1.99. The second-order valence-corrected chi connectivity index (χ2v) is 6.22. The third-order valence-electron chi connectivity index (χ3n) is 2.99. The van der Waals surface area contributed by atoms with Crippen LogP contribution in [-0.4, -0.2) is 39.4 Å². The van der Waals surface area contributed by atoms with E-state index in [1.165, 1.54) is 8.61 Å². The van der Waals surface area contributed by atoms with Gasteiger partial charge in [0, 0.05) is 26.1 Å². The number of benzene rings is 1. The Morgan fingerprint density at radius 3 is 2.53 bits per heavy atom.